The molecule has 1 fully saturated rings. The van der Waals surface area contributed by atoms with E-state index in [9.17, 15) is 4.39 Å². The van der Waals surface area contributed by atoms with Gasteiger partial charge in [-0.05, 0) is 30.3 Å². The van der Waals surface area contributed by atoms with Gasteiger partial charge in [0.05, 0.1) is 11.1 Å². The zero-order valence-corrected chi connectivity index (χ0v) is 15.7. The van der Waals surface area contributed by atoms with Crippen molar-refractivity contribution in [1.82, 2.24) is 20.5 Å². The summed E-state index contributed by atoms with van der Waals surface area (Å²) in [6.45, 7) is 3.98. The summed E-state index contributed by atoms with van der Waals surface area (Å²) in [6.07, 6.45) is 1.61. The first-order valence-corrected chi connectivity index (χ1v) is 9.61. The van der Waals surface area contributed by atoms with Crippen molar-refractivity contribution in [3.63, 3.8) is 0 Å². The van der Waals surface area contributed by atoms with Crippen LogP contribution < -0.4 is 15.0 Å². The van der Waals surface area contributed by atoms with E-state index in [1.165, 1.54) is 11.8 Å². The zero-order chi connectivity index (χ0) is 19.6. The number of hydrogen-bond acceptors (Lipinski definition) is 5. The summed E-state index contributed by atoms with van der Waals surface area (Å²) in [7, 11) is 0. The minimum absolute atomic E-state index is 0.168. The van der Waals surface area contributed by atoms with Crippen LogP contribution >= 0.6 is 0 Å². The van der Waals surface area contributed by atoms with E-state index in [1.54, 1.807) is 30.5 Å². The first kappa shape index (κ1) is 17.6. The van der Waals surface area contributed by atoms with Gasteiger partial charge >= 0.3 is 0 Å². The molecule has 0 bridgehead atoms. The second kappa shape index (κ2) is 7.52. The van der Waals surface area contributed by atoms with Gasteiger partial charge in [0, 0.05) is 43.6 Å². The van der Waals surface area contributed by atoms with Crippen LogP contribution in [0.25, 0.3) is 22.3 Å². The topological polar surface area (TPSA) is 66.1 Å². The minimum Gasteiger partial charge on any atom is -0.453 e. The van der Waals surface area contributed by atoms with Gasteiger partial charge in [-0.2, -0.15) is 5.10 Å². The van der Waals surface area contributed by atoms with E-state index in [1.807, 2.05) is 0 Å². The van der Waals surface area contributed by atoms with Crippen molar-refractivity contribution in [2.75, 3.05) is 31.1 Å². The van der Waals surface area contributed by atoms with Gasteiger partial charge < -0.3 is 15.0 Å². The molecule has 4 aromatic rings. The molecule has 0 spiro atoms. The lowest BCUT2D eigenvalue weighted by Gasteiger charge is -2.29. The number of H-pyrrole nitrogens is 1. The second-order valence-electron chi connectivity index (χ2n) is 6.92. The number of hydrogen-bond donors (Lipinski definition) is 2. The highest BCUT2D eigenvalue weighted by atomic mass is 19.1. The van der Waals surface area contributed by atoms with Crippen LogP contribution in [0.15, 0.2) is 60.8 Å². The van der Waals surface area contributed by atoms with Crippen LogP contribution in [0.3, 0.4) is 0 Å². The Morgan fingerprint density at radius 2 is 1.72 bits per heavy atom. The molecule has 1 aliphatic heterocycles. The Morgan fingerprint density at radius 3 is 2.52 bits per heavy atom. The van der Waals surface area contributed by atoms with E-state index in [-0.39, 0.29) is 5.75 Å². The fraction of sp³-hybridized carbons (Fsp3) is 0.182. The molecule has 0 saturated carbocycles. The fourth-order valence-electron chi connectivity index (χ4n) is 3.62. The van der Waals surface area contributed by atoms with Gasteiger partial charge in [-0.1, -0.05) is 24.3 Å². The largest absolute Gasteiger partial charge is 0.453 e. The lowest BCUT2D eigenvalue weighted by atomic mass is 10.1. The summed E-state index contributed by atoms with van der Waals surface area (Å²) in [5, 5.41) is 11.5. The van der Waals surface area contributed by atoms with Gasteiger partial charge in [-0.15, -0.1) is 0 Å². The van der Waals surface area contributed by atoms with Crippen LogP contribution in [-0.2, 0) is 0 Å². The molecule has 0 radical (unpaired) electrons. The van der Waals surface area contributed by atoms with Crippen LogP contribution in [-0.4, -0.2) is 41.4 Å². The Kier molecular flexibility index (Phi) is 4.57. The van der Waals surface area contributed by atoms with Crippen LogP contribution in [0.4, 0.5) is 10.1 Å². The maximum atomic E-state index is 14.1. The molecule has 1 aliphatic rings. The maximum absolute atomic E-state index is 14.1. The van der Waals surface area contributed by atoms with Crippen molar-refractivity contribution in [1.29, 1.82) is 0 Å². The highest BCUT2D eigenvalue weighted by Gasteiger charge is 2.16. The molecule has 6 nitrogen and oxygen atoms in total. The number of aromatic amines is 1. The number of pyridine rings is 1. The van der Waals surface area contributed by atoms with E-state index in [0.29, 0.717) is 11.4 Å². The van der Waals surface area contributed by atoms with Gasteiger partial charge in [-0.3, -0.25) is 5.10 Å². The lowest BCUT2D eigenvalue weighted by Crippen LogP contribution is -2.43. The number of anilines is 1. The van der Waals surface area contributed by atoms with Crippen LogP contribution in [0.1, 0.15) is 0 Å². The second-order valence-corrected chi connectivity index (χ2v) is 6.92. The number of rotatable bonds is 4. The smallest absolute Gasteiger partial charge is 0.185 e. The number of ether oxygens (including phenoxy) is 1. The monoisotopic (exact) mass is 389 g/mol. The van der Waals surface area contributed by atoms with E-state index in [2.05, 4.69) is 49.7 Å². The lowest BCUT2D eigenvalue weighted by molar-refractivity contribution is 0.446. The molecule has 0 amide bonds. The summed E-state index contributed by atoms with van der Waals surface area (Å²) in [5.41, 5.74) is 3.49. The molecule has 7 heteroatoms. The fourth-order valence-corrected chi connectivity index (χ4v) is 3.62. The molecule has 0 unspecified atom stereocenters. The summed E-state index contributed by atoms with van der Waals surface area (Å²) >= 11 is 0. The summed E-state index contributed by atoms with van der Waals surface area (Å²) in [5.74, 6) is 0.263. The first-order valence-electron chi connectivity index (χ1n) is 9.61. The van der Waals surface area contributed by atoms with Crippen LogP contribution in [0.5, 0.6) is 11.5 Å². The Bertz CT molecular complexity index is 1140. The molecule has 0 atom stereocenters. The first-order chi connectivity index (χ1) is 14.3. The van der Waals surface area contributed by atoms with Gasteiger partial charge in [-0.25, -0.2) is 9.37 Å². The highest BCUT2D eigenvalue weighted by molar-refractivity contribution is 5.95. The molecule has 2 aromatic heterocycles. The normalized spacial score (nSPS) is 14.3. The van der Waals surface area contributed by atoms with Crippen molar-refractivity contribution >= 4 is 16.7 Å². The Hall–Kier alpha value is -3.45. The number of fused-ring (bicyclic) bond motifs is 1. The van der Waals surface area contributed by atoms with Gasteiger partial charge in [0.15, 0.2) is 17.2 Å². The number of halogens is 1. The molecule has 146 valence electrons. The maximum Gasteiger partial charge on any atom is 0.185 e. The van der Waals surface area contributed by atoms with Crippen molar-refractivity contribution in [3.8, 4) is 22.8 Å². The minimum atomic E-state index is -0.414. The van der Waals surface area contributed by atoms with Crippen molar-refractivity contribution in [2.24, 2.45) is 0 Å². The van der Waals surface area contributed by atoms with Crippen LogP contribution in [0, 0.1) is 5.82 Å². The molecule has 2 aromatic carbocycles. The molecule has 2 N–H and O–H groups in total. The van der Waals surface area contributed by atoms with Crippen LogP contribution in [0.2, 0.25) is 0 Å². The van der Waals surface area contributed by atoms with Crippen molar-refractivity contribution < 1.29 is 9.13 Å². The summed E-state index contributed by atoms with van der Waals surface area (Å²) in [6, 6.07) is 16.4. The number of benzene rings is 2. The average molecular weight is 389 g/mol. The predicted octanol–water partition coefficient (Wildman–Crippen LogP) is 3.97. The quantitative estimate of drug-likeness (QED) is 0.553. The number of para-hydroxylation sites is 1. The molecule has 1 saturated heterocycles. The number of piperazine rings is 1. The molecule has 29 heavy (non-hydrogen) atoms. The highest BCUT2D eigenvalue weighted by Crippen LogP contribution is 2.36. The van der Waals surface area contributed by atoms with Gasteiger partial charge in [0.2, 0.25) is 0 Å². The summed E-state index contributed by atoms with van der Waals surface area (Å²) < 4.78 is 19.9. The molecule has 3 heterocycles. The predicted molar refractivity (Wildman–Crippen MR) is 111 cm³/mol. The molecule has 5 rings (SSSR count). The Morgan fingerprint density at radius 1 is 0.931 bits per heavy atom. The number of nitrogens with one attached hydrogen (secondary N) is 2. The average Bonchev–Trinajstić information content (AvgIpc) is 3.21. The molecular formula is C22H20FN5O. The third-order valence-corrected chi connectivity index (χ3v) is 5.11. The Balaban J connectivity index is 1.51. The van der Waals surface area contributed by atoms with E-state index in [0.717, 1.165) is 42.8 Å². The van der Waals surface area contributed by atoms with Gasteiger partial charge in [0.1, 0.15) is 5.75 Å². The zero-order valence-electron chi connectivity index (χ0n) is 15.7. The number of aromatic nitrogens is 3. The Labute approximate surface area is 167 Å². The standard InChI is InChI=1S/C22H20FN5O/c23-17-3-1-2-4-18(17)29-19-9-10-25-22-20(19)21(26-27-22)15-5-7-16(8-6-15)28-13-11-24-12-14-28/h1-10,24H,11-14H2,(H,25,26,27). The molecule has 0 aliphatic carbocycles. The number of nitrogens with zero attached hydrogens (tertiary/aromatic N) is 3. The molecular weight excluding hydrogens is 369 g/mol. The van der Waals surface area contributed by atoms with Crippen molar-refractivity contribution in [2.45, 2.75) is 0 Å². The van der Waals surface area contributed by atoms with E-state index >= 15 is 0 Å². The van der Waals surface area contributed by atoms with Gasteiger partial charge in [0.25, 0.3) is 0 Å². The summed E-state index contributed by atoms with van der Waals surface area (Å²) in [4.78, 5) is 6.67. The third kappa shape index (κ3) is 3.40. The SMILES string of the molecule is Fc1ccccc1Oc1ccnc2n[nH]c(-c3ccc(N4CCNCC4)cc3)c12. The third-order valence-electron chi connectivity index (χ3n) is 5.11. The van der Waals surface area contributed by atoms with Crippen molar-refractivity contribution in [3.05, 3.63) is 66.6 Å². The van der Waals surface area contributed by atoms with E-state index < -0.39 is 5.82 Å². The van der Waals surface area contributed by atoms with E-state index in [4.69, 9.17) is 4.74 Å².